The molecule has 3 heteroatoms. The summed E-state index contributed by atoms with van der Waals surface area (Å²) in [5, 5.41) is 19.1. The molecule has 0 spiro atoms. The molecule has 0 radical (unpaired) electrons. The standard InChI is InChI=1S/C25H23N3/c26-16-21(17-27)23-15-25(20-11-5-2-6-12-20)28(18-19-9-3-1-4-10-19)24-14-8-7-13-22(23)24/h1-6,9-12,15,22,24H,7-8,13-14,18H2/t22-,24-/m1/s1. The van der Waals surface area contributed by atoms with Crippen molar-refractivity contribution in [1.82, 2.24) is 4.90 Å². The second kappa shape index (κ2) is 8.15. The first kappa shape index (κ1) is 18.1. The number of fused-ring (bicyclic) bond motifs is 1. The van der Waals surface area contributed by atoms with Gasteiger partial charge in [-0.25, -0.2) is 0 Å². The van der Waals surface area contributed by atoms with Crippen molar-refractivity contribution in [3.63, 3.8) is 0 Å². The van der Waals surface area contributed by atoms with Crippen LogP contribution in [-0.4, -0.2) is 10.9 Å². The van der Waals surface area contributed by atoms with E-state index >= 15 is 0 Å². The van der Waals surface area contributed by atoms with Gasteiger partial charge in [0.2, 0.25) is 0 Å². The molecule has 3 nitrogen and oxygen atoms in total. The first-order valence-corrected chi connectivity index (χ1v) is 9.94. The number of nitriles is 2. The predicted molar refractivity (Wildman–Crippen MR) is 110 cm³/mol. The summed E-state index contributed by atoms with van der Waals surface area (Å²) < 4.78 is 0. The lowest BCUT2D eigenvalue weighted by Crippen LogP contribution is -2.44. The van der Waals surface area contributed by atoms with Crippen LogP contribution in [0.2, 0.25) is 0 Å². The Kier molecular flexibility index (Phi) is 5.27. The van der Waals surface area contributed by atoms with E-state index in [0.29, 0.717) is 6.04 Å². The summed E-state index contributed by atoms with van der Waals surface area (Å²) >= 11 is 0. The second-order valence-corrected chi connectivity index (χ2v) is 7.52. The normalized spacial score (nSPS) is 21.1. The van der Waals surface area contributed by atoms with E-state index < -0.39 is 0 Å². The van der Waals surface area contributed by atoms with E-state index in [9.17, 15) is 10.5 Å². The molecule has 2 aliphatic rings. The molecule has 2 aromatic carbocycles. The van der Waals surface area contributed by atoms with Crippen molar-refractivity contribution >= 4 is 5.70 Å². The Labute approximate surface area is 166 Å². The molecule has 1 saturated carbocycles. The summed E-state index contributed by atoms with van der Waals surface area (Å²) in [5.74, 6) is 0.249. The van der Waals surface area contributed by atoms with Crippen LogP contribution < -0.4 is 0 Å². The molecule has 1 aliphatic carbocycles. The van der Waals surface area contributed by atoms with E-state index in [4.69, 9.17) is 0 Å². The monoisotopic (exact) mass is 365 g/mol. The van der Waals surface area contributed by atoms with Crippen molar-refractivity contribution in [2.45, 2.75) is 38.3 Å². The zero-order valence-electron chi connectivity index (χ0n) is 15.9. The summed E-state index contributed by atoms with van der Waals surface area (Å²) in [6.45, 7) is 0.838. The van der Waals surface area contributed by atoms with Gasteiger partial charge in [-0.15, -0.1) is 0 Å². The van der Waals surface area contributed by atoms with Crippen molar-refractivity contribution in [1.29, 1.82) is 10.5 Å². The largest absolute Gasteiger partial charge is 0.363 e. The second-order valence-electron chi connectivity index (χ2n) is 7.52. The van der Waals surface area contributed by atoms with Gasteiger partial charge >= 0.3 is 0 Å². The van der Waals surface area contributed by atoms with Gasteiger partial charge in [0.25, 0.3) is 0 Å². The van der Waals surface area contributed by atoms with Gasteiger partial charge in [0.05, 0.1) is 0 Å². The molecule has 0 saturated heterocycles. The van der Waals surface area contributed by atoms with E-state index in [2.05, 4.69) is 59.5 Å². The summed E-state index contributed by atoms with van der Waals surface area (Å²) in [6, 6.07) is 25.5. The molecular weight excluding hydrogens is 342 g/mol. The molecule has 0 aromatic heterocycles. The van der Waals surface area contributed by atoms with Crippen molar-refractivity contribution in [2.75, 3.05) is 0 Å². The van der Waals surface area contributed by atoms with Crippen LogP contribution in [0.5, 0.6) is 0 Å². The number of nitrogens with zero attached hydrogens (tertiary/aromatic N) is 3. The Morgan fingerprint density at radius 2 is 1.54 bits per heavy atom. The van der Waals surface area contributed by atoms with Gasteiger partial charge in [-0.1, -0.05) is 73.5 Å². The Morgan fingerprint density at radius 3 is 2.21 bits per heavy atom. The molecule has 2 aromatic rings. The number of benzene rings is 2. The van der Waals surface area contributed by atoms with E-state index in [1.54, 1.807) is 0 Å². The smallest absolute Gasteiger partial charge is 0.133 e. The number of rotatable bonds is 3. The van der Waals surface area contributed by atoms with Crippen LogP contribution >= 0.6 is 0 Å². The highest BCUT2D eigenvalue weighted by molar-refractivity contribution is 5.71. The maximum Gasteiger partial charge on any atom is 0.133 e. The van der Waals surface area contributed by atoms with Crippen LogP contribution in [0.3, 0.4) is 0 Å². The number of hydrogen-bond donors (Lipinski definition) is 0. The van der Waals surface area contributed by atoms with Gasteiger partial charge in [-0.2, -0.15) is 10.5 Å². The lowest BCUT2D eigenvalue weighted by molar-refractivity contribution is 0.168. The highest BCUT2D eigenvalue weighted by Crippen LogP contribution is 2.44. The molecule has 0 bridgehead atoms. The van der Waals surface area contributed by atoms with Crippen LogP contribution in [0.25, 0.3) is 5.70 Å². The van der Waals surface area contributed by atoms with Crippen LogP contribution in [0, 0.1) is 28.6 Å². The molecule has 1 heterocycles. The Balaban J connectivity index is 1.87. The SMILES string of the molecule is N#CC(C#N)=C1C=C(c2ccccc2)N(Cc2ccccc2)[C@@H]2CCCC[C@H]12. The highest BCUT2D eigenvalue weighted by Gasteiger charge is 2.38. The van der Waals surface area contributed by atoms with Gasteiger partial charge in [0.1, 0.15) is 17.7 Å². The lowest BCUT2D eigenvalue weighted by atomic mass is 9.74. The third-order valence-electron chi connectivity index (χ3n) is 5.91. The Bertz CT molecular complexity index is 958. The van der Waals surface area contributed by atoms with Gasteiger partial charge in [0.15, 0.2) is 0 Å². The van der Waals surface area contributed by atoms with Gasteiger partial charge in [0, 0.05) is 24.2 Å². The maximum atomic E-state index is 9.55. The molecule has 28 heavy (non-hydrogen) atoms. The zero-order valence-corrected chi connectivity index (χ0v) is 15.9. The number of hydrogen-bond acceptors (Lipinski definition) is 3. The van der Waals surface area contributed by atoms with Crippen molar-refractivity contribution < 1.29 is 0 Å². The summed E-state index contributed by atoms with van der Waals surface area (Å²) in [6.07, 6.45) is 6.58. The van der Waals surface area contributed by atoms with Gasteiger partial charge in [-0.05, 0) is 35.6 Å². The molecule has 2 atom stereocenters. The molecule has 1 fully saturated rings. The molecule has 0 amide bonds. The fourth-order valence-electron chi connectivity index (χ4n) is 4.62. The molecule has 0 N–H and O–H groups in total. The van der Waals surface area contributed by atoms with Crippen molar-refractivity contribution in [3.8, 4) is 12.1 Å². The van der Waals surface area contributed by atoms with E-state index in [-0.39, 0.29) is 11.5 Å². The predicted octanol–water partition coefficient (Wildman–Crippen LogP) is 5.45. The third kappa shape index (κ3) is 3.45. The topological polar surface area (TPSA) is 50.8 Å². The van der Waals surface area contributed by atoms with E-state index in [0.717, 1.165) is 42.6 Å². The molecule has 0 unspecified atom stereocenters. The number of allylic oxidation sites excluding steroid dienone is 2. The lowest BCUT2D eigenvalue weighted by Gasteiger charge is -2.46. The summed E-state index contributed by atoms with van der Waals surface area (Å²) in [7, 11) is 0. The quantitative estimate of drug-likeness (QED) is 0.680. The zero-order chi connectivity index (χ0) is 19.3. The molecule has 4 rings (SSSR count). The highest BCUT2D eigenvalue weighted by atomic mass is 15.2. The van der Waals surface area contributed by atoms with E-state index in [1.807, 2.05) is 24.3 Å². The first-order valence-electron chi connectivity index (χ1n) is 9.94. The summed E-state index contributed by atoms with van der Waals surface area (Å²) in [4.78, 5) is 2.50. The van der Waals surface area contributed by atoms with Crippen LogP contribution in [0.15, 0.2) is 77.9 Å². The Morgan fingerprint density at radius 1 is 0.893 bits per heavy atom. The average molecular weight is 365 g/mol. The van der Waals surface area contributed by atoms with Crippen molar-refractivity contribution in [3.05, 3.63) is 89.0 Å². The molecule has 1 aliphatic heterocycles. The average Bonchev–Trinajstić information content (AvgIpc) is 2.77. The summed E-state index contributed by atoms with van der Waals surface area (Å²) in [5.41, 5.74) is 4.73. The fourth-order valence-corrected chi connectivity index (χ4v) is 4.62. The van der Waals surface area contributed by atoms with Crippen LogP contribution in [-0.2, 0) is 6.54 Å². The fraction of sp³-hybridized carbons (Fsp3) is 0.280. The molecular formula is C25H23N3. The van der Waals surface area contributed by atoms with Gasteiger partial charge < -0.3 is 4.90 Å². The van der Waals surface area contributed by atoms with Crippen LogP contribution in [0.1, 0.15) is 36.8 Å². The maximum absolute atomic E-state index is 9.55. The first-order chi connectivity index (χ1) is 13.8. The third-order valence-corrected chi connectivity index (χ3v) is 5.91. The minimum atomic E-state index is 0.249. The van der Waals surface area contributed by atoms with Crippen LogP contribution in [0.4, 0.5) is 0 Å². The minimum absolute atomic E-state index is 0.249. The van der Waals surface area contributed by atoms with Crippen molar-refractivity contribution in [2.24, 2.45) is 5.92 Å². The Hall–Kier alpha value is -3.30. The van der Waals surface area contributed by atoms with E-state index in [1.165, 1.54) is 12.0 Å². The minimum Gasteiger partial charge on any atom is -0.363 e. The van der Waals surface area contributed by atoms with Gasteiger partial charge in [-0.3, -0.25) is 0 Å². The molecule has 138 valence electrons.